The lowest BCUT2D eigenvalue weighted by atomic mass is 9.74. The molecule has 0 saturated carbocycles. The van der Waals surface area contributed by atoms with Crippen molar-refractivity contribution in [2.45, 2.75) is 25.7 Å². The Morgan fingerprint density at radius 1 is 1.21 bits per heavy atom. The van der Waals surface area contributed by atoms with Crippen molar-refractivity contribution in [3.63, 3.8) is 0 Å². The van der Waals surface area contributed by atoms with Crippen LogP contribution in [0.4, 0.5) is 0 Å². The van der Waals surface area contributed by atoms with Crippen molar-refractivity contribution in [3.05, 3.63) is 0 Å². The number of hydrogen-bond donors (Lipinski definition) is 0. The van der Waals surface area contributed by atoms with Crippen molar-refractivity contribution in [3.8, 4) is 6.07 Å². The first-order chi connectivity index (χ1) is 6.85. The molecular weight excluding hydrogens is 178 g/mol. The molecule has 2 rings (SSSR count). The molecule has 0 aliphatic carbocycles. The molecule has 0 N–H and O–H groups in total. The van der Waals surface area contributed by atoms with Crippen LogP contribution in [0.15, 0.2) is 0 Å². The van der Waals surface area contributed by atoms with Crippen LogP contribution in [0.3, 0.4) is 0 Å². The minimum Gasteiger partial charge on any atom is -0.381 e. The van der Waals surface area contributed by atoms with E-state index in [2.05, 4.69) is 6.07 Å². The van der Waals surface area contributed by atoms with Crippen molar-refractivity contribution >= 4 is 0 Å². The molecule has 0 aromatic carbocycles. The van der Waals surface area contributed by atoms with Crippen molar-refractivity contribution < 1.29 is 9.47 Å². The van der Waals surface area contributed by atoms with Crippen molar-refractivity contribution in [1.82, 2.24) is 0 Å². The second-order valence-electron chi connectivity index (χ2n) is 4.44. The lowest BCUT2D eigenvalue weighted by Crippen LogP contribution is -2.30. The van der Waals surface area contributed by atoms with E-state index in [0.717, 1.165) is 52.1 Å². The van der Waals surface area contributed by atoms with E-state index >= 15 is 0 Å². The van der Waals surface area contributed by atoms with E-state index in [1.165, 1.54) is 0 Å². The molecule has 78 valence electrons. The Balaban J connectivity index is 1.93. The van der Waals surface area contributed by atoms with Gasteiger partial charge in [-0.3, -0.25) is 0 Å². The summed E-state index contributed by atoms with van der Waals surface area (Å²) in [5.74, 6) is 0.604. The summed E-state index contributed by atoms with van der Waals surface area (Å²) < 4.78 is 10.7. The highest BCUT2D eigenvalue weighted by molar-refractivity contribution is 5.01. The molecule has 0 bridgehead atoms. The summed E-state index contributed by atoms with van der Waals surface area (Å²) in [6.45, 7) is 3.23. The van der Waals surface area contributed by atoms with E-state index < -0.39 is 0 Å². The van der Waals surface area contributed by atoms with Gasteiger partial charge in [0.05, 0.1) is 11.5 Å². The molecule has 14 heavy (non-hydrogen) atoms. The highest BCUT2D eigenvalue weighted by Crippen LogP contribution is 2.38. The average molecular weight is 195 g/mol. The Hall–Kier alpha value is -0.590. The van der Waals surface area contributed by atoms with Gasteiger partial charge in [0.25, 0.3) is 0 Å². The molecule has 0 aromatic heterocycles. The van der Waals surface area contributed by atoms with Gasteiger partial charge in [-0.05, 0) is 31.6 Å². The lowest BCUT2D eigenvalue weighted by molar-refractivity contribution is 0.0288. The first-order valence-corrected chi connectivity index (χ1v) is 5.41. The van der Waals surface area contributed by atoms with Crippen LogP contribution >= 0.6 is 0 Å². The van der Waals surface area contributed by atoms with Crippen LogP contribution < -0.4 is 0 Å². The van der Waals surface area contributed by atoms with Crippen LogP contribution in [0.25, 0.3) is 0 Å². The van der Waals surface area contributed by atoms with E-state index in [1.54, 1.807) is 0 Å². The third-order valence-electron chi connectivity index (χ3n) is 3.39. The minimum absolute atomic E-state index is 0.114. The van der Waals surface area contributed by atoms with Crippen LogP contribution in [-0.2, 0) is 9.47 Å². The van der Waals surface area contributed by atoms with Gasteiger partial charge >= 0.3 is 0 Å². The Morgan fingerprint density at radius 3 is 2.57 bits per heavy atom. The zero-order chi connectivity index (χ0) is 9.86. The first kappa shape index (κ1) is 9.95. The van der Waals surface area contributed by atoms with Crippen molar-refractivity contribution in [2.75, 3.05) is 26.4 Å². The maximum Gasteiger partial charge on any atom is 0.0691 e. The maximum absolute atomic E-state index is 9.26. The number of nitriles is 1. The molecule has 1 atom stereocenters. The molecule has 2 saturated heterocycles. The number of ether oxygens (including phenoxy) is 2. The normalized spacial score (nSPS) is 31.2. The fourth-order valence-electron chi connectivity index (χ4n) is 2.42. The van der Waals surface area contributed by atoms with Gasteiger partial charge < -0.3 is 9.47 Å². The molecule has 1 unspecified atom stereocenters. The molecule has 0 radical (unpaired) electrons. The van der Waals surface area contributed by atoms with E-state index in [4.69, 9.17) is 9.47 Å². The van der Waals surface area contributed by atoms with Gasteiger partial charge in [0, 0.05) is 26.4 Å². The highest BCUT2D eigenvalue weighted by Gasteiger charge is 2.36. The molecule has 0 aromatic rings. The van der Waals surface area contributed by atoms with E-state index in [-0.39, 0.29) is 5.41 Å². The third kappa shape index (κ3) is 2.08. The zero-order valence-corrected chi connectivity index (χ0v) is 8.50. The molecule has 2 aliphatic rings. The summed E-state index contributed by atoms with van der Waals surface area (Å²) in [6.07, 6.45) is 3.94. The molecular formula is C11H17NO2. The van der Waals surface area contributed by atoms with Crippen LogP contribution in [-0.4, -0.2) is 26.4 Å². The Bertz CT molecular complexity index is 222. The topological polar surface area (TPSA) is 42.2 Å². The van der Waals surface area contributed by atoms with Crippen LogP contribution in [0, 0.1) is 22.7 Å². The quantitative estimate of drug-likeness (QED) is 0.674. The smallest absolute Gasteiger partial charge is 0.0691 e. The van der Waals surface area contributed by atoms with Gasteiger partial charge in [0.15, 0.2) is 0 Å². The van der Waals surface area contributed by atoms with Crippen molar-refractivity contribution in [1.29, 1.82) is 5.26 Å². The van der Waals surface area contributed by atoms with Crippen molar-refractivity contribution in [2.24, 2.45) is 11.3 Å². The number of rotatable bonds is 2. The first-order valence-electron chi connectivity index (χ1n) is 5.41. The van der Waals surface area contributed by atoms with Gasteiger partial charge in [-0.15, -0.1) is 0 Å². The minimum atomic E-state index is -0.114. The van der Waals surface area contributed by atoms with Gasteiger partial charge in [-0.25, -0.2) is 0 Å². The summed E-state index contributed by atoms with van der Waals surface area (Å²) in [7, 11) is 0. The summed E-state index contributed by atoms with van der Waals surface area (Å²) in [6, 6.07) is 2.51. The fourth-order valence-corrected chi connectivity index (χ4v) is 2.42. The molecule has 2 heterocycles. The number of hydrogen-bond acceptors (Lipinski definition) is 3. The van der Waals surface area contributed by atoms with Gasteiger partial charge in [0.2, 0.25) is 0 Å². The fraction of sp³-hybridized carbons (Fsp3) is 0.909. The predicted molar refractivity (Wildman–Crippen MR) is 51.6 cm³/mol. The lowest BCUT2D eigenvalue weighted by Gasteiger charge is -2.32. The zero-order valence-electron chi connectivity index (χ0n) is 8.50. The molecule has 0 spiro atoms. The van der Waals surface area contributed by atoms with E-state index in [1.807, 2.05) is 0 Å². The molecule has 2 fully saturated rings. The van der Waals surface area contributed by atoms with Gasteiger partial charge in [0.1, 0.15) is 0 Å². The second kappa shape index (κ2) is 4.29. The largest absolute Gasteiger partial charge is 0.381 e. The molecule has 0 amide bonds. The second-order valence-corrected chi connectivity index (χ2v) is 4.44. The Labute approximate surface area is 85.0 Å². The highest BCUT2D eigenvalue weighted by atomic mass is 16.5. The standard InChI is InChI=1S/C11H17NO2/c12-9-11(2-5-13-6-3-11)7-10-1-4-14-8-10/h10H,1-8H2. The third-order valence-corrected chi connectivity index (χ3v) is 3.39. The monoisotopic (exact) mass is 195 g/mol. The SMILES string of the molecule is N#CC1(CC2CCOC2)CCOCC1. The molecule has 3 heteroatoms. The van der Waals surface area contributed by atoms with Gasteiger partial charge in [-0.1, -0.05) is 0 Å². The molecule has 3 nitrogen and oxygen atoms in total. The predicted octanol–water partition coefficient (Wildman–Crippen LogP) is 1.73. The Kier molecular flexibility index (Phi) is 3.05. The summed E-state index contributed by atoms with van der Waals surface area (Å²) in [5.41, 5.74) is -0.114. The maximum atomic E-state index is 9.26. The molecule has 2 aliphatic heterocycles. The van der Waals surface area contributed by atoms with Gasteiger partial charge in [-0.2, -0.15) is 5.26 Å². The average Bonchev–Trinajstić information content (AvgIpc) is 2.72. The summed E-state index contributed by atoms with van der Waals surface area (Å²) in [4.78, 5) is 0. The van der Waals surface area contributed by atoms with Crippen LogP contribution in [0.2, 0.25) is 0 Å². The number of nitrogens with zero attached hydrogens (tertiary/aromatic N) is 1. The van der Waals surface area contributed by atoms with E-state index in [0.29, 0.717) is 5.92 Å². The summed E-state index contributed by atoms with van der Waals surface area (Å²) >= 11 is 0. The van der Waals surface area contributed by atoms with Crippen LogP contribution in [0.5, 0.6) is 0 Å². The van der Waals surface area contributed by atoms with E-state index in [9.17, 15) is 5.26 Å². The summed E-state index contributed by atoms with van der Waals surface area (Å²) in [5, 5.41) is 9.26. The van der Waals surface area contributed by atoms with Crippen LogP contribution in [0.1, 0.15) is 25.7 Å². The Morgan fingerprint density at radius 2 is 2.00 bits per heavy atom.